The highest BCUT2D eigenvalue weighted by Crippen LogP contribution is 2.33. The van der Waals surface area contributed by atoms with Crippen LogP contribution in [-0.2, 0) is 0 Å². The minimum absolute atomic E-state index is 0.0475. The van der Waals surface area contributed by atoms with E-state index in [0.29, 0.717) is 0 Å². The van der Waals surface area contributed by atoms with Crippen LogP contribution in [0.4, 0.5) is 5.82 Å². The van der Waals surface area contributed by atoms with Crippen LogP contribution in [0.2, 0.25) is 0 Å². The van der Waals surface area contributed by atoms with Crippen LogP contribution in [0.15, 0.2) is 58.3 Å². The maximum absolute atomic E-state index is 5.18. The monoisotopic (exact) mass is 369 g/mol. The van der Waals surface area contributed by atoms with Crippen molar-refractivity contribution >= 4 is 34.2 Å². The zero-order valence-electron chi connectivity index (χ0n) is 14.0. The van der Waals surface area contributed by atoms with Crippen LogP contribution in [0.3, 0.4) is 0 Å². The minimum atomic E-state index is -0.0836. The SMILES string of the molecule is CN(C)NC1Nc2ncccc2C(c2cccs2)=NC1c1cccs1. The normalized spacial score (nSPS) is 19.9. The molecule has 0 bridgehead atoms. The lowest BCUT2D eigenvalue weighted by Gasteiger charge is -2.27. The van der Waals surface area contributed by atoms with E-state index in [-0.39, 0.29) is 12.2 Å². The summed E-state index contributed by atoms with van der Waals surface area (Å²) in [5, 5.41) is 9.69. The smallest absolute Gasteiger partial charge is 0.136 e. The number of anilines is 1. The fourth-order valence-corrected chi connectivity index (χ4v) is 4.43. The molecule has 2 unspecified atom stereocenters. The van der Waals surface area contributed by atoms with E-state index in [1.807, 2.05) is 31.4 Å². The van der Waals surface area contributed by atoms with Gasteiger partial charge in [0.25, 0.3) is 0 Å². The van der Waals surface area contributed by atoms with Gasteiger partial charge in [0.2, 0.25) is 0 Å². The maximum atomic E-state index is 5.18. The quantitative estimate of drug-likeness (QED) is 0.690. The molecule has 5 nitrogen and oxygen atoms in total. The summed E-state index contributed by atoms with van der Waals surface area (Å²) < 4.78 is 0. The summed E-state index contributed by atoms with van der Waals surface area (Å²) in [6.45, 7) is 0. The summed E-state index contributed by atoms with van der Waals surface area (Å²) in [6.07, 6.45) is 1.73. The van der Waals surface area contributed by atoms with Gasteiger partial charge in [-0.05, 0) is 35.0 Å². The van der Waals surface area contributed by atoms with Gasteiger partial charge >= 0.3 is 0 Å². The summed E-state index contributed by atoms with van der Waals surface area (Å²) in [5.41, 5.74) is 5.48. The number of hydrogen-bond donors (Lipinski definition) is 2. The lowest BCUT2D eigenvalue weighted by molar-refractivity contribution is 0.238. The van der Waals surface area contributed by atoms with Crippen molar-refractivity contribution in [3.05, 3.63) is 68.7 Å². The molecular weight excluding hydrogens is 350 g/mol. The number of nitrogens with zero attached hydrogens (tertiary/aromatic N) is 3. The average Bonchev–Trinajstić information content (AvgIpc) is 3.27. The standard InChI is InChI=1S/C18H19N5S2/c1-23(2)22-18-16(14-8-5-11-25-14)20-15(13-7-4-10-24-13)12-6-3-9-19-17(12)21-18/h3-11,16,18,22H,1-2H3,(H,19,21). The van der Waals surface area contributed by atoms with Crippen LogP contribution < -0.4 is 10.7 Å². The molecule has 0 aromatic carbocycles. The molecule has 0 amide bonds. The Kier molecular flexibility index (Phi) is 4.63. The van der Waals surface area contributed by atoms with Crippen molar-refractivity contribution in [1.82, 2.24) is 15.4 Å². The second kappa shape index (κ2) is 7.05. The van der Waals surface area contributed by atoms with Crippen molar-refractivity contribution in [2.75, 3.05) is 19.4 Å². The molecule has 4 rings (SSSR count). The Bertz CT molecular complexity index is 855. The fraction of sp³-hybridized carbons (Fsp3) is 0.222. The van der Waals surface area contributed by atoms with Gasteiger partial charge in [0.15, 0.2) is 0 Å². The molecule has 0 saturated carbocycles. The van der Waals surface area contributed by atoms with E-state index in [9.17, 15) is 0 Å². The Morgan fingerprint density at radius 3 is 2.64 bits per heavy atom. The van der Waals surface area contributed by atoms with Crippen LogP contribution in [-0.4, -0.2) is 36.0 Å². The van der Waals surface area contributed by atoms with Gasteiger partial charge < -0.3 is 5.32 Å². The third-order valence-corrected chi connectivity index (χ3v) is 5.75. The average molecular weight is 370 g/mol. The first-order valence-electron chi connectivity index (χ1n) is 8.03. The van der Waals surface area contributed by atoms with Crippen LogP contribution >= 0.6 is 22.7 Å². The predicted molar refractivity (Wildman–Crippen MR) is 105 cm³/mol. The van der Waals surface area contributed by atoms with Gasteiger partial charge in [-0.3, -0.25) is 4.99 Å². The maximum Gasteiger partial charge on any atom is 0.136 e. The Hall–Kier alpha value is -2.06. The van der Waals surface area contributed by atoms with Gasteiger partial charge in [0, 0.05) is 30.7 Å². The van der Waals surface area contributed by atoms with Gasteiger partial charge in [-0.25, -0.2) is 15.4 Å². The number of hydrogen-bond acceptors (Lipinski definition) is 7. The predicted octanol–water partition coefficient (Wildman–Crippen LogP) is 3.60. The number of hydrazine groups is 1. The molecule has 0 radical (unpaired) electrons. The van der Waals surface area contributed by atoms with Gasteiger partial charge in [0.1, 0.15) is 18.0 Å². The molecule has 1 aliphatic rings. The molecule has 128 valence electrons. The highest BCUT2D eigenvalue weighted by molar-refractivity contribution is 7.12. The van der Waals surface area contributed by atoms with E-state index in [1.54, 1.807) is 22.7 Å². The van der Waals surface area contributed by atoms with Gasteiger partial charge in [0.05, 0.1) is 10.6 Å². The van der Waals surface area contributed by atoms with E-state index in [2.05, 4.69) is 56.8 Å². The first-order valence-corrected chi connectivity index (χ1v) is 9.79. The second-order valence-electron chi connectivity index (χ2n) is 5.96. The zero-order valence-corrected chi connectivity index (χ0v) is 15.6. The number of nitrogens with one attached hydrogen (secondary N) is 2. The third-order valence-electron chi connectivity index (χ3n) is 3.93. The minimum Gasteiger partial charge on any atom is -0.351 e. The Labute approximate surface area is 155 Å². The van der Waals surface area contributed by atoms with Crippen molar-refractivity contribution in [1.29, 1.82) is 0 Å². The Morgan fingerprint density at radius 1 is 1.08 bits per heavy atom. The molecule has 0 saturated heterocycles. The van der Waals surface area contributed by atoms with Crippen molar-refractivity contribution in [3.63, 3.8) is 0 Å². The van der Waals surface area contributed by atoms with Gasteiger partial charge in [-0.15, -0.1) is 22.7 Å². The molecule has 1 aliphatic heterocycles. The molecule has 4 heterocycles. The Morgan fingerprint density at radius 2 is 1.92 bits per heavy atom. The topological polar surface area (TPSA) is 52.5 Å². The van der Waals surface area contributed by atoms with E-state index in [4.69, 9.17) is 4.99 Å². The fourth-order valence-electron chi connectivity index (χ4n) is 2.90. The molecule has 3 aromatic heterocycles. The molecular formula is C18H19N5S2. The number of thiophene rings is 2. The first-order chi connectivity index (χ1) is 12.2. The summed E-state index contributed by atoms with van der Waals surface area (Å²) in [7, 11) is 3.97. The molecule has 0 aliphatic carbocycles. The summed E-state index contributed by atoms with van der Waals surface area (Å²) in [4.78, 5) is 12.1. The van der Waals surface area contributed by atoms with Crippen molar-refractivity contribution in [3.8, 4) is 0 Å². The number of rotatable bonds is 4. The second-order valence-corrected chi connectivity index (χ2v) is 7.89. The van der Waals surface area contributed by atoms with E-state index >= 15 is 0 Å². The van der Waals surface area contributed by atoms with Crippen LogP contribution in [0, 0.1) is 0 Å². The van der Waals surface area contributed by atoms with E-state index < -0.39 is 0 Å². The number of aliphatic imine (C=N–C) groups is 1. The lowest BCUT2D eigenvalue weighted by Crippen LogP contribution is -2.47. The van der Waals surface area contributed by atoms with Crippen molar-refractivity contribution in [2.45, 2.75) is 12.2 Å². The highest BCUT2D eigenvalue weighted by atomic mass is 32.1. The highest BCUT2D eigenvalue weighted by Gasteiger charge is 2.30. The van der Waals surface area contributed by atoms with Gasteiger partial charge in [-0.1, -0.05) is 12.1 Å². The number of aromatic nitrogens is 1. The molecule has 0 fully saturated rings. The molecule has 3 aromatic rings. The zero-order chi connectivity index (χ0) is 17.2. The largest absolute Gasteiger partial charge is 0.351 e. The van der Waals surface area contributed by atoms with E-state index in [1.165, 1.54) is 4.88 Å². The van der Waals surface area contributed by atoms with Crippen LogP contribution in [0.25, 0.3) is 0 Å². The van der Waals surface area contributed by atoms with Crippen molar-refractivity contribution in [2.24, 2.45) is 4.99 Å². The molecule has 7 heteroatoms. The van der Waals surface area contributed by atoms with Crippen molar-refractivity contribution < 1.29 is 0 Å². The Balaban J connectivity index is 1.88. The lowest BCUT2D eigenvalue weighted by atomic mass is 10.1. The molecule has 25 heavy (non-hydrogen) atoms. The van der Waals surface area contributed by atoms with Crippen LogP contribution in [0.5, 0.6) is 0 Å². The number of pyridine rings is 1. The van der Waals surface area contributed by atoms with Crippen LogP contribution in [0.1, 0.15) is 21.4 Å². The molecule has 0 spiro atoms. The summed E-state index contributed by atoms with van der Waals surface area (Å²) in [5.74, 6) is 0.855. The van der Waals surface area contributed by atoms with Gasteiger partial charge in [-0.2, -0.15) is 0 Å². The van der Waals surface area contributed by atoms with E-state index in [0.717, 1.165) is 22.0 Å². The molecule has 2 N–H and O–H groups in total. The summed E-state index contributed by atoms with van der Waals surface area (Å²) in [6, 6.07) is 12.4. The number of fused-ring (bicyclic) bond motifs is 1. The third kappa shape index (κ3) is 3.36. The first kappa shape index (κ1) is 16.4. The molecule has 2 atom stereocenters. The summed E-state index contributed by atoms with van der Waals surface area (Å²) >= 11 is 3.43.